The molecular weight excluding hydrogens is 449 g/mol. The molecule has 1 amide bonds. The van der Waals surface area contributed by atoms with Crippen LogP contribution in [0.25, 0.3) is 0 Å². The van der Waals surface area contributed by atoms with Crippen molar-refractivity contribution in [2.45, 2.75) is 38.0 Å². The number of aromatic nitrogens is 3. The summed E-state index contributed by atoms with van der Waals surface area (Å²) in [7, 11) is 0. The van der Waals surface area contributed by atoms with Gasteiger partial charge in [-0.25, -0.2) is 23.1 Å². The van der Waals surface area contributed by atoms with Gasteiger partial charge in [-0.1, -0.05) is 6.92 Å². The van der Waals surface area contributed by atoms with Crippen LogP contribution in [0.1, 0.15) is 37.7 Å². The summed E-state index contributed by atoms with van der Waals surface area (Å²) in [6.45, 7) is 1.73. The molecule has 34 heavy (non-hydrogen) atoms. The van der Waals surface area contributed by atoms with Gasteiger partial charge in [0.25, 0.3) is 5.92 Å². The first-order valence-electron chi connectivity index (χ1n) is 10.9. The van der Waals surface area contributed by atoms with Crippen molar-refractivity contribution in [3.05, 3.63) is 72.6 Å². The number of alkyl halides is 2. The number of nitrogens with zero attached hydrogens (tertiary/aromatic N) is 3. The fourth-order valence-corrected chi connectivity index (χ4v) is 4.15. The minimum atomic E-state index is -2.88. The van der Waals surface area contributed by atoms with Crippen LogP contribution in [0.3, 0.4) is 0 Å². The largest absolute Gasteiger partial charge is 0.437 e. The topological polar surface area (TPSA) is 88.2 Å². The molecule has 3 unspecified atom stereocenters. The van der Waals surface area contributed by atoms with E-state index >= 15 is 0 Å². The van der Waals surface area contributed by atoms with Crippen molar-refractivity contribution in [3.63, 3.8) is 0 Å². The zero-order chi connectivity index (χ0) is 24.3. The van der Waals surface area contributed by atoms with Crippen LogP contribution in [0.15, 0.2) is 61.2 Å². The molecule has 0 aliphatic heterocycles. The van der Waals surface area contributed by atoms with E-state index in [1.54, 1.807) is 19.1 Å². The number of anilines is 1. The number of pyridine rings is 3. The Hall–Kier alpha value is -3.69. The van der Waals surface area contributed by atoms with E-state index in [0.717, 1.165) is 10.9 Å². The summed E-state index contributed by atoms with van der Waals surface area (Å²) in [5.74, 6) is -4.60. The Morgan fingerprint density at radius 1 is 1.18 bits per heavy atom. The number of nitrogens with one attached hydrogen (secondary N) is 1. The van der Waals surface area contributed by atoms with Crippen LogP contribution in [0.2, 0.25) is 0 Å². The molecule has 7 nitrogen and oxygen atoms in total. The predicted molar refractivity (Wildman–Crippen MR) is 115 cm³/mol. The smallest absolute Gasteiger partial charge is 0.254 e. The molecule has 0 aromatic carbocycles. The predicted octanol–water partition coefficient (Wildman–Crippen LogP) is 4.73. The van der Waals surface area contributed by atoms with Gasteiger partial charge < -0.3 is 10.1 Å². The highest BCUT2D eigenvalue weighted by atomic mass is 19.3. The number of rotatable bonds is 6. The maximum absolute atomic E-state index is 14.6. The standard InChI is InChI=1S/C24H23F3N4O3/c1-15(17-6-9-24(26,27)20(12-17)16-7-10-31(33)11-8-16)23(32)30-21-4-3-19(14-28-21)34-22-5-2-18(25)13-29-22/h2-5,7-8,10-11,13-15,17,20H,6,9,12H2,1H3,(H-,28,30,32,33)/p+1. The van der Waals surface area contributed by atoms with E-state index in [9.17, 15) is 23.2 Å². The zero-order valence-electron chi connectivity index (χ0n) is 18.4. The first-order valence-corrected chi connectivity index (χ1v) is 10.9. The Morgan fingerprint density at radius 3 is 2.59 bits per heavy atom. The van der Waals surface area contributed by atoms with Gasteiger partial charge in [-0.3, -0.25) is 10.0 Å². The minimum Gasteiger partial charge on any atom is -0.437 e. The summed E-state index contributed by atoms with van der Waals surface area (Å²) in [5, 5.41) is 12.1. The minimum absolute atomic E-state index is 0.155. The lowest BCUT2D eigenvalue weighted by Gasteiger charge is -2.38. The molecule has 1 aliphatic rings. The second-order valence-corrected chi connectivity index (χ2v) is 8.43. The van der Waals surface area contributed by atoms with Gasteiger partial charge in [0.15, 0.2) is 0 Å². The van der Waals surface area contributed by atoms with Crippen LogP contribution >= 0.6 is 0 Å². The Bertz CT molecular complexity index is 1130. The fourth-order valence-electron chi connectivity index (χ4n) is 4.15. The first kappa shape index (κ1) is 23.5. The molecule has 3 atom stereocenters. The number of carbonyl (C=O) groups is 1. The van der Waals surface area contributed by atoms with Gasteiger partial charge in [-0.15, -0.1) is 0 Å². The van der Waals surface area contributed by atoms with E-state index in [0.29, 0.717) is 17.1 Å². The number of halogens is 3. The number of hydrogen-bond acceptors (Lipinski definition) is 5. The lowest BCUT2D eigenvalue weighted by molar-refractivity contribution is -0.904. The van der Waals surface area contributed by atoms with Crippen molar-refractivity contribution >= 4 is 11.7 Å². The number of carbonyl (C=O) groups excluding carboxylic acids is 1. The third kappa shape index (κ3) is 5.44. The molecule has 3 aromatic rings. The molecular formula is C24H24F3N4O3+. The van der Waals surface area contributed by atoms with Gasteiger partial charge in [0.2, 0.25) is 24.2 Å². The molecule has 10 heteroatoms. The van der Waals surface area contributed by atoms with Crippen LogP contribution in [0.5, 0.6) is 11.6 Å². The molecule has 178 valence electrons. The van der Waals surface area contributed by atoms with Gasteiger partial charge in [0.1, 0.15) is 17.4 Å². The molecule has 3 aromatic heterocycles. The van der Waals surface area contributed by atoms with E-state index < -0.39 is 23.6 Å². The SMILES string of the molecule is CC(C(=O)Nc1ccc(Oc2ccc(F)cn2)cn1)C1CCC(F)(F)C(c2cc[n+](O)cc2)C1. The van der Waals surface area contributed by atoms with Crippen LogP contribution < -0.4 is 14.8 Å². The average molecular weight is 473 g/mol. The molecule has 0 spiro atoms. The summed E-state index contributed by atoms with van der Waals surface area (Å²) in [6.07, 6.45) is 5.14. The average Bonchev–Trinajstić information content (AvgIpc) is 2.82. The molecule has 2 N–H and O–H groups in total. The maximum atomic E-state index is 14.6. The molecule has 1 aliphatic carbocycles. The van der Waals surface area contributed by atoms with Crippen molar-refractivity contribution in [2.24, 2.45) is 11.8 Å². The number of amides is 1. The van der Waals surface area contributed by atoms with Gasteiger partial charge in [0.05, 0.1) is 12.4 Å². The number of hydrogen-bond donors (Lipinski definition) is 2. The molecule has 1 fully saturated rings. The van der Waals surface area contributed by atoms with E-state index in [1.165, 1.54) is 42.9 Å². The summed E-state index contributed by atoms with van der Waals surface area (Å²) in [6, 6.07) is 8.68. The zero-order valence-corrected chi connectivity index (χ0v) is 18.4. The van der Waals surface area contributed by atoms with Gasteiger partial charge >= 0.3 is 0 Å². The monoisotopic (exact) mass is 473 g/mol. The van der Waals surface area contributed by atoms with Crippen LogP contribution in [-0.2, 0) is 4.79 Å². The highest BCUT2D eigenvalue weighted by molar-refractivity contribution is 5.91. The van der Waals surface area contributed by atoms with Crippen molar-refractivity contribution in [2.75, 3.05) is 5.32 Å². The normalized spacial score (nSPS) is 20.4. The van der Waals surface area contributed by atoms with Crippen molar-refractivity contribution < 1.29 is 32.6 Å². The van der Waals surface area contributed by atoms with Crippen molar-refractivity contribution in [3.8, 4) is 11.6 Å². The third-order valence-corrected chi connectivity index (χ3v) is 6.17. The molecule has 0 bridgehead atoms. The van der Waals surface area contributed by atoms with Gasteiger partial charge in [0, 0.05) is 41.2 Å². The quantitative estimate of drug-likeness (QED) is 0.399. The van der Waals surface area contributed by atoms with Crippen molar-refractivity contribution in [1.29, 1.82) is 0 Å². The Morgan fingerprint density at radius 2 is 1.94 bits per heavy atom. The summed E-state index contributed by atoms with van der Waals surface area (Å²) in [4.78, 5) is 20.8. The number of ether oxygens (including phenoxy) is 1. The second kappa shape index (κ2) is 9.66. The van der Waals surface area contributed by atoms with E-state index in [4.69, 9.17) is 4.74 Å². The van der Waals surface area contributed by atoms with Crippen LogP contribution in [0, 0.1) is 17.7 Å². The maximum Gasteiger partial charge on any atom is 0.254 e. The van der Waals surface area contributed by atoms with Gasteiger partial charge in [-0.05, 0) is 42.5 Å². The van der Waals surface area contributed by atoms with E-state index in [2.05, 4.69) is 15.3 Å². The third-order valence-electron chi connectivity index (χ3n) is 6.17. The van der Waals surface area contributed by atoms with Crippen LogP contribution in [-0.4, -0.2) is 27.0 Å². The lowest BCUT2D eigenvalue weighted by atomic mass is 9.71. The Labute approximate surface area is 194 Å². The summed E-state index contributed by atoms with van der Waals surface area (Å²) in [5.41, 5.74) is 0.431. The summed E-state index contributed by atoms with van der Waals surface area (Å²) < 4.78 is 48.5. The lowest BCUT2D eigenvalue weighted by Crippen LogP contribution is -2.39. The second-order valence-electron chi connectivity index (χ2n) is 8.43. The molecule has 0 saturated heterocycles. The fraction of sp³-hybridized carbons (Fsp3) is 0.333. The first-order chi connectivity index (χ1) is 16.2. The molecule has 3 heterocycles. The Balaban J connectivity index is 1.38. The summed E-state index contributed by atoms with van der Waals surface area (Å²) >= 11 is 0. The van der Waals surface area contributed by atoms with Crippen LogP contribution in [0.4, 0.5) is 19.0 Å². The molecule has 0 radical (unpaired) electrons. The highest BCUT2D eigenvalue weighted by Crippen LogP contribution is 2.48. The Kier molecular flexibility index (Phi) is 6.67. The van der Waals surface area contributed by atoms with E-state index in [-0.39, 0.29) is 37.0 Å². The van der Waals surface area contributed by atoms with E-state index in [1.807, 2.05) is 0 Å². The highest BCUT2D eigenvalue weighted by Gasteiger charge is 2.47. The molecule has 1 saturated carbocycles. The van der Waals surface area contributed by atoms with Crippen molar-refractivity contribution in [1.82, 2.24) is 9.97 Å². The van der Waals surface area contributed by atoms with Gasteiger partial charge in [-0.2, -0.15) is 0 Å². The molecule has 4 rings (SSSR count).